The second-order valence-electron chi connectivity index (χ2n) is 8.58. The lowest BCUT2D eigenvalue weighted by atomic mass is 10.1. The molecule has 32 heavy (non-hydrogen) atoms. The highest BCUT2D eigenvalue weighted by Gasteiger charge is 2.29. The van der Waals surface area contributed by atoms with Gasteiger partial charge in [0.1, 0.15) is 0 Å². The lowest BCUT2D eigenvalue weighted by Crippen LogP contribution is -2.31. The maximum Gasteiger partial charge on any atom is 0.276 e. The number of nitrogens with zero attached hydrogens (tertiary/aromatic N) is 4. The van der Waals surface area contributed by atoms with E-state index in [1.165, 1.54) is 4.52 Å². The van der Waals surface area contributed by atoms with E-state index in [0.717, 1.165) is 12.1 Å². The molecule has 4 heterocycles. The Bertz CT molecular complexity index is 1200. The molecule has 0 bridgehead atoms. The lowest BCUT2D eigenvalue weighted by molar-refractivity contribution is -0.121. The molecular weight excluding hydrogens is 408 g/mol. The van der Waals surface area contributed by atoms with Crippen LogP contribution in [0, 0.1) is 6.92 Å². The van der Waals surface area contributed by atoms with Crippen LogP contribution in [0.3, 0.4) is 0 Å². The van der Waals surface area contributed by atoms with E-state index in [4.69, 9.17) is 0 Å². The molecular formula is C23H28N6O3. The average molecular weight is 437 g/mol. The zero-order chi connectivity index (χ0) is 22.8. The topological polar surface area (TPSA) is 112 Å². The summed E-state index contributed by atoms with van der Waals surface area (Å²) in [6, 6.07) is 5.38. The molecule has 3 aromatic heterocycles. The van der Waals surface area contributed by atoms with E-state index < -0.39 is 0 Å². The summed E-state index contributed by atoms with van der Waals surface area (Å²) in [6.07, 6.45) is 4.61. The number of amides is 2. The minimum atomic E-state index is -0.182. The number of aryl methyl sites for hydroxylation is 1. The molecule has 168 valence electrons. The fraction of sp³-hybridized carbons (Fsp3) is 0.435. The molecule has 1 atom stereocenters. The van der Waals surface area contributed by atoms with Crippen LogP contribution in [-0.4, -0.2) is 55.4 Å². The van der Waals surface area contributed by atoms with Crippen molar-refractivity contribution in [1.82, 2.24) is 29.8 Å². The predicted molar refractivity (Wildman–Crippen MR) is 120 cm³/mol. The van der Waals surface area contributed by atoms with Gasteiger partial charge in [-0.3, -0.25) is 24.5 Å². The van der Waals surface area contributed by atoms with E-state index in [0.29, 0.717) is 42.0 Å². The standard InChI is InChI=1S/C23H28N6O3/c1-14(2)25-21(30)5-4-18-15(3)26-20-12-19(27-29(20)23(18)32)17-8-11-28(13-17)22(31)16-6-9-24-10-7-16/h6-7,9-10,12,14,17,27H,4-5,8,11,13H2,1-3H3,(H,25,30)/t17-/m1/s1. The van der Waals surface area contributed by atoms with Gasteiger partial charge in [-0.2, -0.15) is 0 Å². The van der Waals surface area contributed by atoms with Gasteiger partial charge in [0.05, 0.1) is 0 Å². The van der Waals surface area contributed by atoms with Crippen molar-refractivity contribution < 1.29 is 9.59 Å². The van der Waals surface area contributed by atoms with Crippen LogP contribution >= 0.6 is 0 Å². The first-order valence-corrected chi connectivity index (χ1v) is 10.9. The molecule has 1 aliphatic rings. The Balaban J connectivity index is 1.51. The Labute approximate surface area is 185 Å². The molecule has 2 N–H and O–H groups in total. The van der Waals surface area contributed by atoms with Crippen molar-refractivity contribution in [3.05, 3.63) is 63.5 Å². The third-order valence-electron chi connectivity index (χ3n) is 5.83. The van der Waals surface area contributed by atoms with Gasteiger partial charge in [0, 0.05) is 72.4 Å². The molecule has 3 aromatic rings. The summed E-state index contributed by atoms with van der Waals surface area (Å²) < 4.78 is 1.45. The summed E-state index contributed by atoms with van der Waals surface area (Å²) in [5.41, 5.74) is 3.05. The van der Waals surface area contributed by atoms with E-state index in [2.05, 4.69) is 20.4 Å². The van der Waals surface area contributed by atoms with E-state index in [9.17, 15) is 14.4 Å². The van der Waals surface area contributed by atoms with Crippen molar-refractivity contribution in [3.63, 3.8) is 0 Å². The van der Waals surface area contributed by atoms with Crippen molar-refractivity contribution >= 4 is 17.5 Å². The smallest absolute Gasteiger partial charge is 0.276 e. The van der Waals surface area contributed by atoms with E-state index >= 15 is 0 Å². The van der Waals surface area contributed by atoms with E-state index in [1.54, 1.807) is 31.5 Å². The molecule has 1 fully saturated rings. The van der Waals surface area contributed by atoms with Crippen molar-refractivity contribution in [2.45, 2.75) is 52.0 Å². The summed E-state index contributed by atoms with van der Waals surface area (Å²) in [7, 11) is 0. The first-order chi connectivity index (χ1) is 15.3. The number of hydrogen-bond acceptors (Lipinski definition) is 5. The molecule has 0 saturated carbocycles. The monoisotopic (exact) mass is 436 g/mol. The Hall–Kier alpha value is -3.49. The highest BCUT2D eigenvalue weighted by molar-refractivity contribution is 5.94. The SMILES string of the molecule is Cc1nc2cc([C@@H]3CCN(C(=O)c4ccncc4)C3)[nH]n2c(=O)c1CCC(=O)NC(C)C. The summed E-state index contributed by atoms with van der Waals surface area (Å²) in [5, 5.41) is 6.03. The molecule has 0 spiro atoms. The highest BCUT2D eigenvalue weighted by atomic mass is 16.2. The molecule has 0 aliphatic carbocycles. The normalized spacial score (nSPS) is 16.1. The Morgan fingerprint density at radius 1 is 1.28 bits per heavy atom. The maximum absolute atomic E-state index is 13.1. The van der Waals surface area contributed by atoms with Gasteiger partial charge in [-0.25, -0.2) is 9.50 Å². The number of carbonyl (C=O) groups is 2. The van der Waals surface area contributed by atoms with Crippen LogP contribution < -0.4 is 10.9 Å². The second-order valence-corrected chi connectivity index (χ2v) is 8.58. The highest BCUT2D eigenvalue weighted by Crippen LogP contribution is 2.27. The van der Waals surface area contributed by atoms with Gasteiger partial charge in [-0.15, -0.1) is 0 Å². The molecule has 1 saturated heterocycles. The number of nitrogens with one attached hydrogen (secondary N) is 2. The van der Waals surface area contributed by atoms with Crippen molar-refractivity contribution in [2.24, 2.45) is 0 Å². The van der Waals surface area contributed by atoms with Gasteiger partial charge in [0.2, 0.25) is 5.91 Å². The maximum atomic E-state index is 13.1. The zero-order valence-electron chi connectivity index (χ0n) is 18.6. The summed E-state index contributed by atoms with van der Waals surface area (Å²) in [5.74, 6) is 0.00236. The quantitative estimate of drug-likeness (QED) is 0.612. The lowest BCUT2D eigenvalue weighted by Gasteiger charge is -2.16. The third kappa shape index (κ3) is 4.42. The largest absolute Gasteiger partial charge is 0.354 e. The van der Waals surface area contributed by atoms with Crippen molar-refractivity contribution in [3.8, 4) is 0 Å². The number of aromatic amines is 1. The van der Waals surface area contributed by atoms with Crippen LogP contribution in [0.5, 0.6) is 0 Å². The molecule has 0 aromatic carbocycles. The number of hydrogen-bond donors (Lipinski definition) is 2. The third-order valence-corrected chi connectivity index (χ3v) is 5.83. The van der Waals surface area contributed by atoms with E-state index in [-0.39, 0.29) is 35.8 Å². The van der Waals surface area contributed by atoms with Crippen LogP contribution in [0.4, 0.5) is 0 Å². The summed E-state index contributed by atoms with van der Waals surface area (Å²) in [6.45, 7) is 6.83. The predicted octanol–water partition coefficient (Wildman–Crippen LogP) is 1.81. The van der Waals surface area contributed by atoms with Gasteiger partial charge >= 0.3 is 0 Å². The summed E-state index contributed by atoms with van der Waals surface area (Å²) >= 11 is 0. The number of fused-ring (bicyclic) bond motifs is 1. The fourth-order valence-corrected chi connectivity index (χ4v) is 4.19. The van der Waals surface area contributed by atoms with Crippen molar-refractivity contribution in [2.75, 3.05) is 13.1 Å². The molecule has 2 amide bonds. The number of rotatable bonds is 6. The molecule has 9 heteroatoms. The Morgan fingerprint density at radius 2 is 2.03 bits per heavy atom. The van der Waals surface area contributed by atoms with Gasteiger partial charge in [-0.1, -0.05) is 0 Å². The number of likely N-dealkylation sites (tertiary alicyclic amines) is 1. The zero-order valence-corrected chi connectivity index (χ0v) is 18.6. The molecule has 1 aliphatic heterocycles. The molecule has 4 rings (SSSR count). The van der Waals surface area contributed by atoms with Crippen LogP contribution in [0.25, 0.3) is 5.65 Å². The summed E-state index contributed by atoms with van der Waals surface area (Å²) in [4.78, 5) is 48.1. The number of aromatic nitrogens is 4. The van der Waals surface area contributed by atoms with Gasteiger partial charge in [0.25, 0.3) is 11.5 Å². The van der Waals surface area contributed by atoms with Crippen LogP contribution in [0.15, 0.2) is 35.4 Å². The second kappa shape index (κ2) is 8.94. The van der Waals surface area contributed by atoms with Gasteiger partial charge in [0.15, 0.2) is 5.65 Å². The molecule has 0 unspecified atom stereocenters. The average Bonchev–Trinajstić information content (AvgIpc) is 3.40. The fourth-order valence-electron chi connectivity index (χ4n) is 4.19. The molecule has 0 radical (unpaired) electrons. The van der Waals surface area contributed by atoms with Gasteiger partial charge in [-0.05, 0) is 45.7 Å². The number of H-pyrrole nitrogens is 1. The Kier molecular flexibility index (Phi) is 6.07. The van der Waals surface area contributed by atoms with Crippen LogP contribution in [-0.2, 0) is 11.2 Å². The number of pyridine rings is 1. The van der Waals surface area contributed by atoms with Crippen molar-refractivity contribution in [1.29, 1.82) is 0 Å². The minimum absolute atomic E-state index is 0.0147. The Morgan fingerprint density at radius 3 is 2.75 bits per heavy atom. The van der Waals surface area contributed by atoms with E-state index in [1.807, 2.05) is 24.8 Å². The van der Waals surface area contributed by atoms with Crippen LogP contribution in [0.2, 0.25) is 0 Å². The van der Waals surface area contributed by atoms with Crippen LogP contribution in [0.1, 0.15) is 59.9 Å². The first-order valence-electron chi connectivity index (χ1n) is 10.9. The first kappa shape index (κ1) is 21.7. The number of carbonyl (C=O) groups excluding carboxylic acids is 2. The minimum Gasteiger partial charge on any atom is -0.354 e. The van der Waals surface area contributed by atoms with Gasteiger partial charge < -0.3 is 10.2 Å². The molecule has 9 nitrogen and oxygen atoms in total.